The van der Waals surface area contributed by atoms with Gasteiger partial charge in [-0.1, -0.05) is 35.9 Å². The molecule has 1 aliphatic rings. The van der Waals surface area contributed by atoms with Crippen LogP contribution in [0.5, 0.6) is 0 Å². The summed E-state index contributed by atoms with van der Waals surface area (Å²) in [4.78, 5) is 31.5. The largest absolute Gasteiger partial charge is 0.294 e. The number of hydrogen-bond donors (Lipinski definition) is 1. The SMILES string of the molecule is Cc1ccc2nc(Nc3nc(C)c4c(n3)CC(c3ccccc3C)CC4=O)nc(C)c2c1. The van der Waals surface area contributed by atoms with E-state index < -0.39 is 0 Å². The highest BCUT2D eigenvalue weighted by Crippen LogP contribution is 2.35. The van der Waals surface area contributed by atoms with Crippen molar-refractivity contribution >= 4 is 28.6 Å². The summed E-state index contributed by atoms with van der Waals surface area (Å²) in [6, 6.07) is 14.4. The van der Waals surface area contributed by atoms with Crippen molar-refractivity contribution in [3.63, 3.8) is 0 Å². The van der Waals surface area contributed by atoms with Crippen LogP contribution in [0.3, 0.4) is 0 Å². The fourth-order valence-electron chi connectivity index (χ4n) is 4.65. The van der Waals surface area contributed by atoms with Gasteiger partial charge in [0.25, 0.3) is 0 Å². The van der Waals surface area contributed by atoms with E-state index in [-0.39, 0.29) is 11.7 Å². The highest BCUT2D eigenvalue weighted by Gasteiger charge is 2.30. The quantitative estimate of drug-likeness (QED) is 0.481. The molecule has 160 valence electrons. The number of fused-ring (bicyclic) bond motifs is 2. The Morgan fingerprint density at radius 1 is 0.844 bits per heavy atom. The number of nitrogens with one attached hydrogen (secondary N) is 1. The first kappa shape index (κ1) is 20.2. The number of benzene rings is 2. The number of nitrogens with zero attached hydrogens (tertiary/aromatic N) is 4. The van der Waals surface area contributed by atoms with Gasteiger partial charge < -0.3 is 0 Å². The van der Waals surface area contributed by atoms with Gasteiger partial charge in [-0.05, 0) is 63.3 Å². The number of aryl methyl sites for hydroxylation is 4. The molecule has 0 spiro atoms. The first-order valence-electron chi connectivity index (χ1n) is 10.9. The summed E-state index contributed by atoms with van der Waals surface area (Å²) in [5.74, 6) is 1.11. The summed E-state index contributed by atoms with van der Waals surface area (Å²) < 4.78 is 0. The molecule has 1 atom stereocenters. The Labute approximate surface area is 187 Å². The Hall–Kier alpha value is -3.67. The highest BCUT2D eigenvalue weighted by atomic mass is 16.1. The molecule has 0 fully saturated rings. The smallest absolute Gasteiger partial charge is 0.230 e. The van der Waals surface area contributed by atoms with E-state index in [0.717, 1.165) is 22.3 Å². The summed E-state index contributed by atoms with van der Waals surface area (Å²) in [6.07, 6.45) is 1.20. The van der Waals surface area contributed by atoms with Crippen LogP contribution in [0.1, 0.15) is 56.5 Å². The Kier molecular flexibility index (Phi) is 4.93. The van der Waals surface area contributed by atoms with Crippen molar-refractivity contribution in [2.45, 2.75) is 46.5 Å². The Morgan fingerprint density at radius 3 is 2.41 bits per heavy atom. The summed E-state index contributed by atoms with van der Waals surface area (Å²) in [5, 5.41) is 4.20. The van der Waals surface area contributed by atoms with Crippen molar-refractivity contribution in [2.24, 2.45) is 0 Å². The molecule has 5 rings (SSSR count). The molecule has 2 heterocycles. The second-order valence-corrected chi connectivity index (χ2v) is 8.62. The van der Waals surface area contributed by atoms with Crippen molar-refractivity contribution in [3.05, 3.63) is 81.8 Å². The highest BCUT2D eigenvalue weighted by molar-refractivity contribution is 5.99. The van der Waals surface area contributed by atoms with E-state index in [9.17, 15) is 4.79 Å². The molecule has 6 heteroatoms. The van der Waals surface area contributed by atoms with Crippen molar-refractivity contribution < 1.29 is 4.79 Å². The van der Waals surface area contributed by atoms with Crippen LogP contribution >= 0.6 is 0 Å². The Balaban J connectivity index is 1.50. The minimum Gasteiger partial charge on any atom is -0.294 e. The molecule has 1 aliphatic carbocycles. The topological polar surface area (TPSA) is 80.7 Å². The molecule has 0 radical (unpaired) electrons. The minimum absolute atomic E-state index is 0.108. The third-order valence-corrected chi connectivity index (χ3v) is 6.21. The van der Waals surface area contributed by atoms with Crippen LogP contribution in [0.4, 0.5) is 11.9 Å². The van der Waals surface area contributed by atoms with Gasteiger partial charge in [-0.3, -0.25) is 10.1 Å². The second-order valence-electron chi connectivity index (χ2n) is 8.62. The first-order chi connectivity index (χ1) is 15.4. The third-order valence-electron chi connectivity index (χ3n) is 6.21. The van der Waals surface area contributed by atoms with Crippen molar-refractivity contribution in [2.75, 3.05) is 5.32 Å². The van der Waals surface area contributed by atoms with E-state index in [2.05, 4.69) is 52.3 Å². The van der Waals surface area contributed by atoms with E-state index in [4.69, 9.17) is 4.98 Å². The molecule has 0 aliphatic heterocycles. The zero-order valence-corrected chi connectivity index (χ0v) is 18.7. The molecule has 0 bridgehead atoms. The van der Waals surface area contributed by atoms with Gasteiger partial charge in [0.2, 0.25) is 11.9 Å². The molecule has 2 aromatic carbocycles. The summed E-state index contributed by atoms with van der Waals surface area (Å²) in [7, 11) is 0. The molecule has 0 amide bonds. The molecule has 6 nitrogen and oxygen atoms in total. The third kappa shape index (κ3) is 3.62. The lowest BCUT2D eigenvalue weighted by molar-refractivity contribution is 0.0962. The Morgan fingerprint density at radius 2 is 1.59 bits per heavy atom. The molecular weight excluding hydrogens is 398 g/mol. The Bertz CT molecular complexity index is 1380. The van der Waals surface area contributed by atoms with Gasteiger partial charge in [0.05, 0.1) is 28.2 Å². The summed E-state index contributed by atoms with van der Waals surface area (Å²) in [6.45, 7) is 7.99. The molecule has 0 saturated heterocycles. The van der Waals surface area contributed by atoms with Crippen LogP contribution < -0.4 is 5.32 Å². The maximum absolute atomic E-state index is 13.0. The average molecular weight is 424 g/mol. The van der Waals surface area contributed by atoms with Crippen molar-refractivity contribution in [3.8, 4) is 0 Å². The van der Waals surface area contributed by atoms with Gasteiger partial charge in [-0.15, -0.1) is 0 Å². The molecule has 4 aromatic rings. The van der Waals surface area contributed by atoms with Gasteiger partial charge in [0.15, 0.2) is 5.78 Å². The predicted molar refractivity (Wildman–Crippen MR) is 126 cm³/mol. The number of anilines is 2. The molecular formula is C26H25N5O. The molecule has 1 N–H and O–H groups in total. The van der Waals surface area contributed by atoms with Crippen LogP contribution in [-0.2, 0) is 6.42 Å². The van der Waals surface area contributed by atoms with Crippen LogP contribution in [0.25, 0.3) is 10.9 Å². The fraction of sp³-hybridized carbons (Fsp3) is 0.269. The van der Waals surface area contributed by atoms with Crippen LogP contribution in [-0.4, -0.2) is 25.7 Å². The minimum atomic E-state index is 0.108. The number of carbonyl (C=O) groups is 1. The lowest BCUT2D eigenvalue weighted by atomic mass is 9.80. The zero-order valence-electron chi connectivity index (χ0n) is 18.7. The van der Waals surface area contributed by atoms with Gasteiger partial charge in [0.1, 0.15) is 0 Å². The van der Waals surface area contributed by atoms with Gasteiger partial charge >= 0.3 is 0 Å². The number of ketones is 1. The number of aromatic nitrogens is 4. The maximum atomic E-state index is 13.0. The number of hydrogen-bond acceptors (Lipinski definition) is 6. The van der Waals surface area contributed by atoms with Crippen molar-refractivity contribution in [1.29, 1.82) is 0 Å². The summed E-state index contributed by atoms with van der Waals surface area (Å²) in [5.41, 5.74) is 7.49. The molecule has 0 saturated carbocycles. The predicted octanol–water partition coefficient (Wildman–Crippen LogP) is 5.31. The molecule has 2 aromatic heterocycles. The standard InChI is InChI=1S/C26H25N5O/c1-14-9-10-21-20(11-14)16(3)27-25(29-21)31-26-28-17(4)24-22(30-26)12-18(13-23(24)32)19-8-6-5-7-15(19)2/h5-11,18H,12-13H2,1-4H3,(H,27,28,29,30,31). The van der Waals surface area contributed by atoms with Gasteiger partial charge in [-0.25, -0.2) is 19.9 Å². The average Bonchev–Trinajstić information content (AvgIpc) is 2.74. The van der Waals surface area contributed by atoms with E-state index in [1.54, 1.807) is 0 Å². The zero-order chi connectivity index (χ0) is 22.4. The normalized spacial score (nSPS) is 15.6. The van der Waals surface area contributed by atoms with Crippen LogP contribution in [0.2, 0.25) is 0 Å². The van der Waals surface area contributed by atoms with E-state index in [0.29, 0.717) is 36.0 Å². The second kappa shape index (κ2) is 7.79. The lowest BCUT2D eigenvalue weighted by Crippen LogP contribution is -2.23. The summed E-state index contributed by atoms with van der Waals surface area (Å²) >= 11 is 0. The van der Waals surface area contributed by atoms with E-state index >= 15 is 0 Å². The monoisotopic (exact) mass is 423 g/mol. The van der Waals surface area contributed by atoms with Gasteiger partial charge in [-0.2, -0.15) is 0 Å². The lowest BCUT2D eigenvalue weighted by Gasteiger charge is -2.25. The number of Topliss-reactive ketones (excluding diaryl/α,β-unsaturated/α-hetero) is 1. The maximum Gasteiger partial charge on any atom is 0.230 e. The molecule has 32 heavy (non-hydrogen) atoms. The number of carbonyl (C=O) groups excluding carboxylic acids is 1. The van der Waals surface area contributed by atoms with E-state index in [1.165, 1.54) is 16.7 Å². The van der Waals surface area contributed by atoms with Crippen LogP contribution in [0.15, 0.2) is 42.5 Å². The number of rotatable bonds is 3. The first-order valence-corrected chi connectivity index (χ1v) is 10.9. The fourth-order valence-corrected chi connectivity index (χ4v) is 4.65. The molecule has 1 unspecified atom stereocenters. The van der Waals surface area contributed by atoms with Crippen LogP contribution in [0, 0.1) is 27.7 Å². The van der Waals surface area contributed by atoms with Gasteiger partial charge in [0, 0.05) is 11.8 Å². The van der Waals surface area contributed by atoms with Crippen molar-refractivity contribution in [1.82, 2.24) is 19.9 Å². The van der Waals surface area contributed by atoms with E-state index in [1.807, 2.05) is 38.1 Å².